The van der Waals surface area contributed by atoms with E-state index in [2.05, 4.69) is 0 Å². The molecule has 0 saturated heterocycles. The molecule has 0 heterocycles. The van der Waals surface area contributed by atoms with Gasteiger partial charge in [-0.05, 0) is 17.7 Å². The van der Waals surface area contributed by atoms with Gasteiger partial charge in [-0.2, -0.15) is 0 Å². The van der Waals surface area contributed by atoms with Crippen LogP contribution in [0, 0.1) is 15.9 Å². The number of hydrogen-bond donors (Lipinski definition) is 1. The quantitative estimate of drug-likeness (QED) is 0.690. The normalized spacial score (nSPS) is 10.3. The number of halogens is 2. The van der Waals surface area contributed by atoms with E-state index < -0.39 is 16.4 Å². The minimum absolute atomic E-state index is 0.217. The number of benzene rings is 2. The topological polar surface area (TPSA) is 78.4 Å². The van der Waals surface area contributed by atoms with Crippen molar-refractivity contribution in [2.24, 2.45) is 5.73 Å². The summed E-state index contributed by atoms with van der Waals surface area (Å²) in [7, 11) is 0. The average Bonchev–Trinajstić information content (AvgIpc) is 2.42. The summed E-state index contributed by atoms with van der Waals surface area (Å²) in [5.74, 6) is -0.675. The molecule has 0 saturated carbocycles. The predicted molar refractivity (Wildman–Crippen MR) is 72.5 cm³/mol. The van der Waals surface area contributed by atoms with Crippen molar-refractivity contribution in [1.29, 1.82) is 0 Å². The maximum absolute atomic E-state index is 13.4. The molecule has 2 aromatic rings. The van der Waals surface area contributed by atoms with Gasteiger partial charge in [-0.3, -0.25) is 10.1 Å². The summed E-state index contributed by atoms with van der Waals surface area (Å²) in [6, 6.07) is 8.49. The molecule has 0 spiro atoms. The van der Waals surface area contributed by atoms with Crippen LogP contribution in [0.3, 0.4) is 0 Å². The second-order valence-corrected chi connectivity index (χ2v) is 4.35. The zero-order valence-electron chi connectivity index (χ0n) is 10.2. The minimum atomic E-state index is -0.790. The zero-order valence-corrected chi connectivity index (χ0v) is 10.9. The Morgan fingerprint density at radius 2 is 2.10 bits per heavy atom. The highest BCUT2D eigenvalue weighted by Crippen LogP contribution is 2.35. The van der Waals surface area contributed by atoms with E-state index in [9.17, 15) is 14.5 Å². The zero-order chi connectivity index (χ0) is 14.7. The van der Waals surface area contributed by atoms with Crippen molar-refractivity contribution in [2.45, 2.75) is 6.54 Å². The number of hydrogen-bond acceptors (Lipinski definition) is 4. The minimum Gasteiger partial charge on any atom is -0.450 e. The van der Waals surface area contributed by atoms with Gasteiger partial charge in [-0.25, -0.2) is 4.39 Å². The van der Waals surface area contributed by atoms with Crippen molar-refractivity contribution < 1.29 is 14.1 Å². The van der Waals surface area contributed by atoms with Gasteiger partial charge in [0.2, 0.25) is 5.75 Å². The van der Waals surface area contributed by atoms with Crippen LogP contribution >= 0.6 is 11.6 Å². The number of nitrogens with zero attached hydrogens (tertiary/aromatic N) is 1. The first-order valence-corrected chi connectivity index (χ1v) is 5.99. The lowest BCUT2D eigenvalue weighted by Gasteiger charge is -2.08. The van der Waals surface area contributed by atoms with Crippen LogP contribution in [0.15, 0.2) is 36.4 Å². The number of rotatable bonds is 4. The molecule has 104 valence electrons. The molecule has 5 nitrogen and oxygen atoms in total. The first kappa shape index (κ1) is 14.2. The van der Waals surface area contributed by atoms with Crippen LogP contribution in [0.25, 0.3) is 0 Å². The Bertz CT molecular complexity index is 664. The number of ether oxygens (including phenoxy) is 1. The van der Waals surface area contributed by atoms with E-state index in [4.69, 9.17) is 22.1 Å². The molecule has 0 unspecified atom stereocenters. The van der Waals surface area contributed by atoms with E-state index in [1.54, 1.807) is 24.3 Å². The molecule has 7 heteroatoms. The van der Waals surface area contributed by atoms with Crippen LogP contribution < -0.4 is 10.5 Å². The van der Waals surface area contributed by atoms with Gasteiger partial charge >= 0.3 is 5.69 Å². The van der Waals surface area contributed by atoms with Gasteiger partial charge < -0.3 is 10.5 Å². The van der Waals surface area contributed by atoms with Gasteiger partial charge in [0, 0.05) is 18.7 Å². The molecule has 0 aliphatic rings. The summed E-state index contributed by atoms with van der Waals surface area (Å²) >= 11 is 5.53. The van der Waals surface area contributed by atoms with Crippen molar-refractivity contribution in [2.75, 3.05) is 0 Å². The first-order valence-electron chi connectivity index (χ1n) is 5.61. The highest BCUT2D eigenvalue weighted by atomic mass is 35.5. The lowest BCUT2D eigenvalue weighted by molar-refractivity contribution is -0.385. The molecular weight excluding hydrogens is 287 g/mol. The van der Waals surface area contributed by atoms with Gasteiger partial charge in [0.05, 0.1) is 9.95 Å². The summed E-state index contributed by atoms with van der Waals surface area (Å²) in [6.45, 7) is 0.300. The van der Waals surface area contributed by atoms with Crippen molar-refractivity contribution in [1.82, 2.24) is 0 Å². The fourth-order valence-corrected chi connectivity index (χ4v) is 1.76. The van der Waals surface area contributed by atoms with Gasteiger partial charge in [-0.1, -0.05) is 23.7 Å². The van der Waals surface area contributed by atoms with E-state index in [1.807, 2.05) is 0 Å². The standard InChI is InChI=1S/C13H10ClFN2O3/c14-10-5-12(17(18)19)13(6-11(10)15)20-9-3-1-2-8(4-9)7-16/h1-6H,7,16H2. The molecule has 0 aromatic heterocycles. The summed E-state index contributed by atoms with van der Waals surface area (Å²) in [6.07, 6.45) is 0. The Morgan fingerprint density at radius 3 is 2.75 bits per heavy atom. The smallest absolute Gasteiger partial charge is 0.313 e. The van der Waals surface area contributed by atoms with Crippen LogP contribution in [0.4, 0.5) is 10.1 Å². The molecule has 0 amide bonds. The van der Waals surface area contributed by atoms with Crippen molar-refractivity contribution >= 4 is 17.3 Å². The van der Waals surface area contributed by atoms with Gasteiger partial charge in [-0.15, -0.1) is 0 Å². The Balaban J connectivity index is 2.41. The van der Waals surface area contributed by atoms with Crippen LogP contribution in [-0.2, 0) is 6.54 Å². The van der Waals surface area contributed by atoms with E-state index in [0.29, 0.717) is 12.3 Å². The molecule has 2 N–H and O–H groups in total. The molecule has 0 atom stereocenters. The van der Waals surface area contributed by atoms with Gasteiger partial charge in [0.25, 0.3) is 0 Å². The third-order valence-electron chi connectivity index (χ3n) is 2.56. The van der Waals surface area contributed by atoms with E-state index >= 15 is 0 Å². The van der Waals surface area contributed by atoms with Crippen LogP contribution in [0.2, 0.25) is 5.02 Å². The molecular formula is C13H10ClFN2O3. The number of nitrogens with two attached hydrogens (primary N) is 1. The lowest BCUT2D eigenvalue weighted by atomic mass is 10.2. The SMILES string of the molecule is NCc1cccc(Oc2cc(F)c(Cl)cc2[N+](=O)[O-])c1. The third kappa shape index (κ3) is 3.04. The summed E-state index contributed by atoms with van der Waals surface area (Å²) in [5, 5.41) is 10.6. The molecule has 20 heavy (non-hydrogen) atoms. The Kier molecular flexibility index (Phi) is 4.16. The summed E-state index contributed by atoms with van der Waals surface area (Å²) in [5.41, 5.74) is 5.88. The maximum atomic E-state index is 13.4. The van der Waals surface area contributed by atoms with Crippen molar-refractivity contribution in [3.05, 3.63) is 62.9 Å². The number of nitro benzene ring substituents is 1. The van der Waals surface area contributed by atoms with Crippen molar-refractivity contribution in [3.8, 4) is 11.5 Å². The van der Waals surface area contributed by atoms with Gasteiger partial charge in [0.1, 0.15) is 11.6 Å². The largest absolute Gasteiger partial charge is 0.450 e. The second-order valence-electron chi connectivity index (χ2n) is 3.94. The van der Waals surface area contributed by atoms with Crippen LogP contribution in [0.5, 0.6) is 11.5 Å². The maximum Gasteiger partial charge on any atom is 0.313 e. The van der Waals surface area contributed by atoms with E-state index in [1.165, 1.54) is 0 Å². The fraction of sp³-hybridized carbons (Fsp3) is 0.0769. The molecule has 0 radical (unpaired) electrons. The molecule has 0 aliphatic heterocycles. The Hall–Kier alpha value is -2.18. The van der Waals surface area contributed by atoms with Crippen LogP contribution in [0.1, 0.15) is 5.56 Å². The Labute approximate surface area is 118 Å². The lowest BCUT2D eigenvalue weighted by Crippen LogP contribution is -1.98. The van der Waals surface area contributed by atoms with E-state index in [0.717, 1.165) is 17.7 Å². The van der Waals surface area contributed by atoms with Crippen molar-refractivity contribution in [3.63, 3.8) is 0 Å². The first-order chi connectivity index (χ1) is 9.51. The molecule has 0 fully saturated rings. The predicted octanol–water partition coefficient (Wildman–Crippen LogP) is 3.64. The fourth-order valence-electron chi connectivity index (χ4n) is 1.61. The monoisotopic (exact) mass is 296 g/mol. The molecule has 0 bridgehead atoms. The molecule has 0 aliphatic carbocycles. The summed E-state index contributed by atoms with van der Waals surface area (Å²) < 4.78 is 18.8. The molecule has 2 rings (SSSR count). The highest BCUT2D eigenvalue weighted by molar-refractivity contribution is 6.31. The second kappa shape index (κ2) is 5.85. The molecule has 2 aromatic carbocycles. The van der Waals surface area contributed by atoms with Crippen LogP contribution in [-0.4, -0.2) is 4.92 Å². The van der Waals surface area contributed by atoms with Gasteiger partial charge in [0.15, 0.2) is 0 Å². The van der Waals surface area contributed by atoms with E-state index in [-0.39, 0.29) is 10.8 Å². The third-order valence-corrected chi connectivity index (χ3v) is 2.85. The highest BCUT2D eigenvalue weighted by Gasteiger charge is 2.19. The summed E-state index contributed by atoms with van der Waals surface area (Å²) in [4.78, 5) is 10.2. The average molecular weight is 297 g/mol. The number of nitro groups is 1. The Morgan fingerprint density at radius 1 is 1.35 bits per heavy atom.